The Hall–Kier alpha value is -3.82. The van der Waals surface area contributed by atoms with Crippen LogP contribution in [0.2, 0.25) is 12.6 Å². The van der Waals surface area contributed by atoms with Gasteiger partial charge in [0.1, 0.15) is 0 Å². The van der Waals surface area contributed by atoms with Gasteiger partial charge in [0.15, 0.2) is 6.71 Å². The highest BCUT2D eigenvalue weighted by Crippen LogP contribution is 2.52. The number of aromatic nitrogens is 1. The number of fused-ring (bicyclic) bond motifs is 6. The molecule has 1 aliphatic heterocycles. The maximum Gasteiger partial charge on any atom is 0.177 e. The molecule has 0 N–H and O–H groups in total. The lowest BCUT2D eigenvalue weighted by molar-refractivity contribution is 0.177. The summed E-state index contributed by atoms with van der Waals surface area (Å²) in [6, 6.07) is 40.8. The van der Waals surface area contributed by atoms with E-state index in [0.29, 0.717) is 17.5 Å². The van der Waals surface area contributed by atoms with Crippen LogP contribution in [0.1, 0.15) is 27.7 Å². The van der Waals surface area contributed by atoms with Crippen molar-refractivity contribution in [1.29, 1.82) is 0 Å². The van der Waals surface area contributed by atoms with Gasteiger partial charge in [0.25, 0.3) is 0 Å². The highest BCUT2D eigenvalue weighted by Gasteiger charge is 2.48. The van der Waals surface area contributed by atoms with Crippen LogP contribution in [0.15, 0.2) is 109 Å². The van der Waals surface area contributed by atoms with Crippen LogP contribution < -0.4 is 5.46 Å². The number of rotatable bonds is 3. The molecule has 3 heterocycles. The van der Waals surface area contributed by atoms with Crippen molar-refractivity contribution in [2.75, 3.05) is 0 Å². The minimum Gasteiger partial charge on any atom is -0.309 e. The Balaban J connectivity index is 1.23. The molecule has 5 aromatic carbocycles. The van der Waals surface area contributed by atoms with E-state index in [1.54, 1.807) is 0 Å². The molecule has 0 radical (unpaired) electrons. The Labute approximate surface area is 246 Å². The summed E-state index contributed by atoms with van der Waals surface area (Å²) in [5.41, 5.74) is 8.53. The third-order valence-electron chi connectivity index (χ3n) is 10.4. The summed E-state index contributed by atoms with van der Waals surface area (Å²) in [5.74, 6) is 0. The van der Waals surface area contributed by atoms with E-state index < -0.39 is 0 Å². The minimum atomic E-state index is 0.350. The van der Waals surface area contributed by atoms with Crippen molar-refractivity contribution >= 4 is 65.5 Å². The third-order valence-corrected chi connectivity index (χ3v) is 11.6. The second-order valence-electron chi connectivity index (χ2n) is 13.3. The van der Waals surface area contributed by atoms with Crippen LogP contribution in [0.25, 0.3) is 58.8 Å². The Morgan fingerprint density at radius 3 is 2.05 bits per heavy atom. The van der Waals surface area contributed by atoms with Gasteiger partial charge in [-0.05, 0) is 52.3 Å². The van der Waals surface area contributed by atoms with Gasteiger partial charge in [0.05, 0.1) is 11.0 Å². The van der Waals surface area contributed by atoms with Gasteiger partial charge >= 0.3 is 0 Å². The van der Waals surface area contributed by atoms with Gasteiger partial charge < -0.3 is 4.57 Å². The number of thiophene rings is 1. The number of para-hydroxylation sites is 1. The van der Waals surface area contributed by atoms with Gasteiger partial charge in [-0.3, -0.25) is 0 Å². The zero-order valence-electron chi connectivity index (χ0n) is 24.2. The molecule has 2 aromatic heterocycles. The molecule has 0 unspecified atom stereocenters. The summed E-state index contributed by atoms with van der Waals surface area (Å²) in [4.78, 5) is 0. The summed E-state index contributed by atoms with van der Waals surface area (Å²) < 4.78 is 5.16. The molecule has 1 aliphatic rings. The normalized spacial score (nSPS) is 16.4. The van der Waals surface area contributed by atoms with E-state index in [4.69, 9.17) is 0 Å². The van der Waals surface area contributed by atoms with Gasteiger partial charge in [0, 0.05) is 36.6 Å². The van der Waals surface area contributed by atoms with Crippen molar-refractivity contribution in [2.45, 2.75) is 40.3 Å². The van der Waals surface area contributed by atoms with Crippen molar-refractivity contribution in [3.8, 4) is 16.8 Å². The first kappa shape index (κ1) is 24.9. The first-order valence-corrected chi connectivity index (χ1v) is 15.7. The fourth-order valence-electron chi connectivity index (χ4n) is 7.38. The van der Waals surface area contributed by atoms with Crippen LogP contribution >= 0.6 is 11.3 Å². The number of hydrogen-bond donors (Lipinski definition) is 0. The molecule has 8 rings (SSSR count). The molecule has 1 saturated heterocycles. The number of nitrogens with zero attached hydrogens (tertiary/aromatic N) is 1. The van der Waals surface area contributed by atoms with Crippen molar-refractivity contribution in [2.24, 2.45) is 10.8 Å². The maximum absolute atomic E-state index is 2.49. The second kappa shape index (κ2) is 8.84. The van der Waals surface area contributed by atoms with Gasteiger partial charge in [-0.25, -0.2) is 0 Å². The quantitative estimate of drug-likeness (QED) is 0.194. The van der Waals surface area contributed by atoms with Crippen LogP contribution in [0.3, 0.4) is 0 Å². The molecule has 41 heavy (non-hydrogen) atoms. The number of benzene rings is 5. The second-order valence-corrected chi connectivity index (χ2v) is 14.4. The summed E-state index contributed by atoms with van der Waals surface area (Å²) in [7, 11) is 0. The maximum atomic E-state index is 2.49. The summed E-state index contributed by atoms with van der Waals surface area (Å²) in [6.07, 6.45) is 2.50. The average Bonchev–Trinajstić information content (AvgIpc) is 3.59. The Bertz CT molecular complexity index is 2090. The predicted octanol–water partition coefficient (Wildman–Crippen LogP) is 10.6. The molecule has 7 aromatic rings. The van der Waals surface area contributed by atoms with Crippen LogP contribution in [0.5, 0.6) is 0 Å². The fourth-order valence-corrected chi connectivity index (χ4v) is 8.62. The van der Waals surface area contributed by atoms with E-state index in [2.05, 4.69) is 141 Å². The standard InChI is InChI=1S/C38H34BNS/c1-37(2)23-39(24-38(37,3)4)26-18-21-34-32(22-26)29-10-5-7-14-33(29)40(34)27-19-16-25(17-20-27)28-12-9-13-31-30-11-6-8-15-35(30)41-36(28)31/h5-22H,23-24H2,1-4H3. The van der Waals surface area contributed by atoms with E-state index in [1.165, 1.54) is 76.9 Å². The van der Waals surface area contributed by atoms with Crippen LogP contribution in [-0.2, 0) is 0 Å². The average molecular weight is 548 g/mol. The monoisotopic (exact) mass is 547 g/mol. The largest absolute Gasteiger partial charge is 0.309 e. The SMILES string of the molecule is CC1(C)CB(c2ccc3c(c2)c2ccccc2n3-c2ccc(-c3cccc4c3sc3ccccc34)cc2)CC1(C)C. The molecular weight excluding hydrogens is 513 g/mol. The van der Waals surface area contributed by atoms with Crippen LogP contribution in [0, 0.1) is 10.8 Å². The Morgan fingerprint density at radius 2 is 1.27 bits per heavy atom. The minimum absolute atomic E-state index is 0.350. The van der Waals surface area contributed by atoms with Crippen molar-refractivity contribution in [3.05, 3.63) is 109 Å². The smallest absolute Gasteiger partial charge is 0.177 e. The van der Waals surface area contributed by atoms with Crippen LogP contribution in [0.4, 0.5) is 0 Å². The third kappa shape index (κ3) is 3.75. The zero-order chi connectivity index (χ0) is 27.9. The highest BCUT2D eigenvalue weighted by molar-refractivity contribution is 7.26. The van der Waals surface area contributed by atoms with E-state index >= 15 is 0 Å². The summed E-state index contributed by atoms with van der Waals surface area (Å²) in [5, 5.41) is 5.39. The van der Waals surface area contributed by atoms with Gasteiger partial charge in [-0.15, -0.1) is 11.3 Å². The lowest BCUT2D eigenvalue weighted by atomic mass is 9.42. The highest BCUT2D eigenvalue weighted by atomic mass is 32.1. The van der Waals surface area contributed by atoms with E-state index in [-0.39, 0.29) is 0 Å². The van der Waals surface area contributed by atoms with Crippen LogP contribution in [-0.4, -0.2) is 11.3 Å². The molecule has 0 saturated carbocycles. The van der Waals surface area contributed by atoms with E-state index in [0.717, 1.165) is 0 Å². The molecule has 200 valence electrons. The zero-order valence-corrected chi connectivity index (χ0v) is 25.1. The van der Waals surface area contributed by atoms with E-state index in [9.17, 15) is 0 Å². The van der Waals surface area contributed by atoms with Gasteiger partial charge in [0.2, 0.25) is 0 Å². The Morgan fingerprint density at radius 1 is 0.610 bits per heavy atom. The predicted molar refractivity (Wildman–Crippen MR) is 182 cm³/mol. The summed E-state index contributed by atoms with van der Waals surface area (Å²) in [6.45, 7) is 10.4. The molecule has 1 fully saturated rings. The first-order valence-electron chi connectivity index (χ1n) is 14.8. The molecule has 0 amide bonds. The van der Waals surface area contributed by atoms with Crippen molar-refractivity contribution in [3.63, 3.8) is 0 Å². The molecule has 1 nitrogen and oxygen atoms in total. The lowest BCUT2D eigenvalue weighted by Crippen LogP contribution is -2.27. The molecule has 0 aliphatic carbocycles. The molecule has 3 heteroatoms. The fraction of sp³-hybridized carbons (Fsp3) is 0.211. The number of hydrogen-bond acceptors (Lipinski definition) is 1. The van der Waals surface area contributed by atoms with Crippen molar-refractivity contribution < 1.29 is 0 Å². The van der Waals surface area contributed by atoms with Gasteiger partial charge in [-0.2, -0.15) is 0 Å². The van der Waals surface area contributed by atoms with Crippen molar-refractivity contribution in [1.82, 2.24) is 4.57 Å². The molecule has 0 spiro atoms. The topological polar surface area (TPSA) is 4.93 Å². The molecule has 0 atom stereocenters. The van der Waals surface area contributed by atoms with E-state index in [1.807, 2.05) is 11.3 Å². The Kier molecular flexibility index (Phi) is 5.38. The van der Waals surface area contributed by atoms with Gasteiger partial charge in [-0.1, -0.05) is 125 Å². The molecule has 0 bridgehead atoms. The lowest BCUT2D eigenvalue weighted by Gasteiger charge is -2.35. The molecular formula is C38H34BNS. The summed E-state index contributed by atoms with van der Waals surface area (Å²) >= 11 is 1.89. The first-order chi connectivity index (χ1) is 19.8.